The smallest absolute Gasteiger partial charge is 0.341 e. The van der Waals surface area contributed by atoms with Gasteiger partial charge in [0.1, 0.15) is 0 Å². The minimum atomic E-state index is -1.11. The molecule has 1 atom stereocenters. The molecule has 0 saturated carbocycles. The van der Waals surface area contributed by atoms with Crippen molar-refractivity contribution in [2.75, 3.05) is 6.54 Å². The molecule has 0 spiro atoms. The van der Waals surface area contributed by atoms with Crippen molar-refractivity contribution in [3.05, 3.63) is 71.9 Å². The number of urea groups is 1. The SMILES string of the molecule is CCNC(=O)NC(=O)C(C)OC(=O)c1cn(Cc2ccccc2)c2ccccc12. The maximum atomic E-state index is 12.7. The van der Waals surface area contributed by atoms with Crippen LogP contribution in [0.2, 0.25) is 0 Å². The number of nitrogens with zero attached hydrogens (tertiary/aromatic N) is 1. The molecule has 1 aromatic heterocycles. The molecule has 1 heterocycles. The molecule has 7 nitrogen and oxygen atoms in total. The summed E-state index contributed by atoms with van der Waals surface area (Å²) in [6, 6.07) is 16.8. The fourth-order valence-electron chi connectivity index (χ4n) is 3.02. The van der Waals surface area contributed by atoms with Crippen LogP contribution in [0.4, 0.5) is 4.79 Å². The topological polar surface area (TPSA) is 89.4 Å². The number of fused-ring (bicyclic) bond motifs is 1. The quantitative estimate of drug-likeness (QED) is 0.630. The Morgan fingerprint density at radius 2 is 1.72 bits per heavy atom. The zero-order chi connectivity index (χ0) is 20.8. The van der Waals surface area contributed by atoms with Crippen molar-refractivity contribution in [1.82, 2.24) is 15.2 Å². The number of aromatic nitrogens is 1. The van der Waals surface area contributed by atoms with Gasteiger partial charge in [0.25, 0.3) is 5.91 Å². The minimum Gasteiger partial charge on any atom is -0.449 e. The lowest BCUT2D eigenvalue weighted by Crippen LogP contribution is -2.44. The molecule has 1 unspecified atom stereocenters. The standard InChI is InChI=1S/C22H23N3O4/c1-3-23-22(28)24-20(26)15(2)29-21(27)18-14-25(13-16-9-5-4-6-10-16)19-12-8-7-11-17(18)19/h4-12,14-15H,3,13H2,1-2H3,(H2,23,24,26,28). The molecule has 29 heavy (non-hydrogen) atoms. The molecule has 150 valence electrons. The van der Waals surface area contributed by atoms with E-state index in [2.05, 4.69) is 10.6 Å². The molecule has 2 aromatic carbocycles. The zero-order valence-corrected chi connectivity index (χ0v) is 16.3. The van der Waals surface area contributed by atoms with Crippen molar-refractivity contribution >= 4 is 28.8 Å². The normalized spacial score (nSPS) is 11.7. The number of hydrogen-bond acceptors (Lipinski definition) is 4. The fourth-order valence-corrected chi connectivity index (χ4v) is 3.02. The van der Waals surface area contributed by atoms with Gasteiger partial charge in [-0.25, -0.2) is 9.59 Å². The molecular formula is C22H23N3O4. The molecular weight excluding hydrogens is 370 g/mol. The van der Waals surface area contributed by atoms with Gasteiger partial charge in [0.2, 0.25) is 0 Å². The van der Waals surface area contributed by atoms with E-state index in [0.29, 0.717) is 18.7 Å². The lowest BCUT2D eigenvalue weighted by atomic mass is 10.2. The summed E-state index contributed by atoms with van der Waals surface area (Å²) in [5.41, 5.74) is 2.36. The van der Waals surface area contributed by atoms with Crippen LogP contribution in [-0.4, -0.2) is 35.1 Å². The van der Waals surface area contributed by atoms with E-state index in [0.717, 1.165) is 16.5 Å². The number of para-hydroxylation sites is 1. The molecule has 0 saturated heterocycles. The number of rotatable bonds is 6. The van der Waals surface area contributed by atoms with Crippen LogP contribution in [-0.2, 0) is 16.1 Å². The third-order valence-corrected chi connectivity index (χ3v) is 4.43. The third-order valence-electron chi connectivity index (χ3n) is 4.43. The molecule has 0 aliphatic heterocycles. The van der Waals surface area contributed by atoms with E-state index in [-0.39, 0.29) is 0 Å². The molecule has 0 aliphatic rings. The predicted molar refractivity (Wildman–Crippen MR) is 110 cm³/mol. The number of carbonyl (C=O) groups excluding carboxylic acids is 3. The predicted octanol–water partition coefficient (Wildman–Crippen LogP) is 3.08. The molecule has 0 aliphatic carbocycles. The van der Waals surface area contributed by atoms with E-state index in [1.807, 2.05) is 59.2 Å². The van der Waals surface area contributed by atoms with E-state index in [1.165, 1.54) is 6.92 Å². The van der Waals surface area contributed by atoms with E-state index in [4.69, 9.17) is 4.74 Å². The van der Waals surface area contributed by atoms with Gasteiger partial charge in [0, 0.05) is 30.2 Å². The number of nitrogens with one attached hydrogen (secondary N) is 2. The second kappa shape index (κ2) is 9.05. The van der Waals surface area contributed by atoms with Crippen LogP contribution >= 0.6 is 0 Å². The Morgan fingerprint density at radius 1 is 1.03 bits per heavy atom. The first-order chi connectivity index (χ1) is 14.0. The van der Waals surface area contributed by atoms with Crippen molar-refractivity contribution in [3.8, 4) is 0 Å². The number of esters is 1. The maximum Gasteiger partial charge on any atom is 0.341 e. The molecule has 3 rings (SSSR count). The van der Waals surface area contributed by atoms with Gasteiger partial charge in [-0.3, -0.25) is 10.1 Å². The molecule has 3 amide bonds. The van der Waals surface area contributed by atoms with Gasteiger partial charge >= 0.3 is 12.0 Å². The molecule has 2 N–H and O–H groups in total. The van der Waals surface area contributed by atoms with Crippen LogP contribution in [0.15, 0.2) is 60.8 Å². The highest BCUT2D eigenvalue weighted by Crippen LogP contribution is 2.23. The maximum absolute atomic E-state index is 12.7. The van der Waals surface area contributed by atoms with Crippen molar-refractivity contribution in [2.45, 2.75) is 26.5 Å². The Labute approximate surface area is 168 Å². The van der Waals surface area contributed by atoms with Gasteiger partial charge in [0.05, 0.1) is 5.56 Å². The highest BCUT2D eigenvalue weighted by molar-refractivity contribution is 6.05. The minimum absolute atomic E-state index is 0.370. The van der Waals surface area contributed by atoms with E-state index >= 15 is 0 Å². The van der Waals surface area contributed by atoms with Crippen molar-refractivity contribution in [2.24, 2.45) is 0 Å². The lowest BCUT2D eigenvalue weighted by molar-refractivity contribution is -0.127. The number of imide groups is 1. The summed E-state index contributed by atoms with van der Waals surface area (Å²) in [5.74, 6) is -1.30. The first-order valence-corrected chi connectivity index (χ1v) is 9.41. The van der Waals surface area contributed by atoms with Gasteiger partial charge in [-0.1, -0.05) is 48.5 Å². The van der Waals surface area contributed by atoms with Gasteiger partial charge in [-0.05, 0) is 25.5 Å². The van der Waals surface area contributed by atoms with E-state index in [9.17, 15) is 14.4 Å². The number of amides is 3. The van der Waals surface area contributed by atoms with Crippen LogP contribution in [0.1, 0.15) is 29.8 Å². The Hall–Kier alpha value is -3.61. The van der Waals surface area contributed by atoms with Crippen LogP contribution in [0.3, 0.4) is 0 Å². The zero-order valence-electron chi connectivity index (χ0n) is 16.3. The Kier molecular flexibility index (Phi) is 6.29. The van der Waals surface area contributed by atoms with Gasteiger partial charge in [0.15, 0.2) is 6.10 Å². The molecule has 0 radical (unpaired) electrons. The number of carbonyl (C=O) groups is 3. The highest BCUT2D eigenvalue weighted by Gasteiger charge is 2.23. The van der Waals surface area contributed by atoms with Crippen LogP contribution in [0, 0.1) is 0 Å². The fraction of sp³-hybridized carbons (Fsp3) is 0.227. The number of benzene rings is 2. The molecule has 0 bridgehead atoms. The van der Waals surface area contributed by atoms with Gasteiger partial charge < -0.3 is 14.6 Å². The Balaban J connectivity index is 1.79. The largest absolute Gasteiger partial charge is 0.449 e. The monoisotopic (exact) mass is 393 g/mol. The molecule has 7 heteroatoms. The summed E-state index contributed by atoms with van der Waals surface area (Å²) >= 11 is 0. The van der Waals surface area contributed by atoms with Gasteiger partial charge in [-0.2, -0.15) is 0 Å². The number of ether oxygens (including phenoxy) is 1. The van der Waals surface area contributed by atoms with Crippen LogP contribution in [0.25, 0.3) is 10.9 Å². The van der Waals surface area contributed by atoms with E-state index < -0.39 is 24.0 Å². The Morgan fingerprint density at radius 3 is 2.45 bits per heavy atom. The third kappa shape index (κ3) is 4.82. The summed E-state index contributed by atoms with van der Waals surface area (Å²) in [5, 5.41) is 5.33. The molecule has 3 aromatic rings. The van der Waals surface area contributed by atoms with Crippen LogP contribution < -0.4 is 10.6 Å². The molecule has 0 fully saturated rings. The average molecular weight is 393 g/mol. The average Bonchev–Trinajstić information content (AvgIpc) is 3.07. The summed E-state index contributed by atoms with van der Waals surface area (Å²) in [6.45, 7) is 4.14. The van der Waals surface area contributed by atoms with E-state index in [1.54, 1.807) is 13.1 Å². The second-order valence-corrected chi connectivity index (χ2v) is 6.57. The van der Waals surface area contributed by atoms with Gasteiger partial charge in [-0.15, -0.1) is 0 Å². The first-order valence-electron chi connectivity index (χ1n) is 9.41. The van der Waals surface area contributed by atoms with Crippen molar-refractivity contribution in [1.29, 1.82) is 0 Å². The van der Waals surface area contributed by atoms with Crippen molar-refractivity contribution in [3.63, 3.8) is 0 Å². The number of hydrogen-bond donors (Lipinski definition) is 2. The summed E-state index contributed by atoms with van der Waals surface area (Å²) in [4.78, 5) is 36.3. The van der Waals surface area contributed by atoms with Crippen molar-refractivity contribution < 1.29 is 19.1 Å². The summed E-state index contributed by atoms with van der Waals surface area (Å²) < 4.78 is 7.28. The summed E-state index contributed by atoms with van der Waals surface area (Å²) in [6.07, 6.45) is 0.621. The highest BCUT2D eigenvalue weighted by atomic mass is 16.5. The second-order valence-electron chi connectivity index (χ2n) is 6.57. The Bertz CT molecular complexity index is 1030. The lowest BCUT2D eigenvalue weighted by Gasteiger charge is -2.12. The summed E-state index contributed by atoms with van der Waals surface area (Å²) in [7, 11) is 0. The van der Waals surface area contributed by atoms with Crippen LogP contribution in [0.5, 0.6) is 0 Å². The first kappa shape index (κ1) is 20.1.